The van der Waals surface area contributed by atoms with Gasteiger partial charge < -0.3 is 20.9 Å². The van der Waals surface area contributed by atoms with Gasteiger partial charge in [0.2, 0.25) is 0 Å². The average molecular weight is 541 g/mol. The molecule has 1 aromatic carbocycles. The minimum atomic E-state index is -0.200. The smallest absolute Gasteiger partial charge is 0.319 e. The Morgan fingerprint density at radius 3 is 2.39 bits per heavy atom. The van der Waals surface area contributed by atoms with Gasteiger partial charge in [0.15, 0.2) is 5.96 Å². The maximum absolute atomic E-state index is 11.8. The van der Waals surface area contributed by atoms with Gasteiger partial charge >= 0.3 is 6.03 Å². The van der Waals surface area contributed by atoms with Gasteiger partial charge in [-0.1, -0.05) is 26.0 Å². The Hall–Kier alpha value is -2.30. The summed E-state index contributed by atoms with van der Waals surface area (Å²) in [5.41, 5.74) is 4.18. The van der Waals surface area contributed by atoms with Gasteiger partial charge in [0.05, 0.1) is 5.69 Å². The summed E-state index contributed by atoms with van der Waals surface area (Å²) in [5.74, 6) is 1.19. The van der Waals surface area contributed by atoms with E-state index in [1.807, 2.05) is 56.9 Å². The first kappa shape index (κ1) is 26.7. The molecule has 3 N–H and O–H groups in total. The molecule has 2 aromatic rings. The number of carbonyl (C=O) groups excluding carboxylic acids is 1. The highest BCUT2D eigenvalue weighted by Crippen LogP contribution is 2.18. The van der Waals surface area contributed by atoms with Crippen LogP contribution in [0.5, 0.6) is 0 Å². The number of aromatic nitrogens is 2. The van der Waals surface area contributed by atoms with Gasteiger partial charge in [0.25, 0.3) is 0 Å². The molecule has 9 heteroatoms. The minimum absolute atomic E-state index is 0. The number of anilines is 1. The quantitative estimate of drug-likeness (QED) is 0.282. The Balaban J connectivity index is 0.00000480. The molecule has 0 saturated heterocycles. The van der Waals surface area contributed by atoms with Gasteiger partial charge in [-0.05, 0) is 37.5 Å². The number of guanidine groups is 1. The fraction of sp³-hybridized carbons (Fsp3) is 0.500. The molecule has 0 aliphatic rings. The van der Waals surface area contributed by atoms with E-state index >= 15 is 0 Å². The van der Waals surface area contributed by atoms with Crippen molar-refractivity contribution in [3.63, 3.8) is 0 Å². The molecule has 1 aromatic heterocycles. The zero-order chi connectivity index (χ0) is 22.3. The monoisotopic (exact) mass is 541 g/mol. The van der Waals surface area contributed by atoms with Crippen LogP contribution in [0.1, 0.15) is 50.4 Å². The summed E-state index contributed by atoms with van der Waals surface area (Å²) in [6.45, 7) is 9.54. The molecule has 0 bridgehead atoms. The largest absolute Gasteiger partial charge is 0.352 e. The van der Waals surface area contributed by atoms with Crippen molar-refractivity contribution in [3.05, 3.63) is 47.3 Å². The number of urea groups is 1. The SMILES string of the molecule is CN=C(NCc1ccc(NC(=O)NC(C)C)cc1)N(C)Cc1cn(C)nc1C(C)C.I. The third-order valence-electron chi connectivity index (χ3n) is 4.55. The van der Waals surface area contributed by atoms with E-state index in [1.165, 1.54) is 5.56 Å². The van der Waals surface area contributed by atoms with E-state index in [1.54, 1.807) is 7.05 Å². The summed E-state index contributed by atoms with van der Waals surface area (Å²) >= 11 is 0. The van der Waals surface area contributed by atoms with Crippen LogP contribution in [-0.2, 0) is 20.1 Å². The highest BCUT2D eigenvalue weighted by Gasteiger charge is 2.15. The summed E-state index contributed by atoms with van der Waals surface area (Å²) < 4.78 is 1.87. The Morgan fingerprint density at radius 1 is 1.19 bits per heavy atom. The number of hydrogen-bond donors (Lipinski definition) is 3. The number of halogens is 1. The second-order valence-corrected chi connectivity index (χ2v) is 8.07. The Morgan fingerprint density at radius 2 is 1.84 bits per heavy atom. The Bertz CT molecular complexity index is 859. The van der Waals surface area contributed by atoms with Gasteiger partial charge in [-0.3, -0.25) is 9.67 Å². The van der Waals surface area contributed by atoms with E-state index in [-0.39, 0.29) is 36.0 Å². The number of benzene rings is 1. The first-order chi connectivity index (χ1) is 14.2. The Labute approximate surface area is 202 Å². The second kappa shape index (κ2) is 12.5. The number of amides is 2. The highest BCUT2D eigenvalue weighted by molar-refractivity contribution is 14.0. The number of aryl methyl sites for hydroxylation is 1. The lowest BCUT2D eigenvalue weighted by Crippen LogP contribution is -2.38. The van der Waals surface area contributed by atoms with E-state index in [4.69, 9.17) is 0 Å². The van der Waals surface area contributed by atoms with Crippen molar-refractivity contribution in [2.45, 2.75) is 52.7 Å². The zero-order valence-electron chi connectivity index (χ0n) is 19.6. The first-order valence-electron chi connectivity index (χ1n) is 10.3. The van der Waals surface area contributed by atoms with Crippen LogP contribution < -0.4 is 16.0 Å². The summed E-state index contributed by atoms with van der Waals surface area (Å²) in [4.78, 5) is 18.3. The molecule has 0 spiro atoms. The van der Waals surface area contributed by atoms with Crippen molar-refractivity contribution in [2.24, 2.45) is 12.0 Å². The maximum Gasteiger partial charge on any atom is 0.319 e. The standard InChI is InChI=1S/C22H35N7O.HI/c1-15(2)20-18(14-29(7)27-20)13-28(6)21(23-5)24-12-17-8-10-19(11-9-17)26-22(30)25-16(3)4;/h8-11,14-16H,12-13H2,1-7H3,(H,23,24)(H2,25,26,30);1H. The molecule has 0 unspecified atom stereocenters. The summed E-state index contributed by atoms with van der Waals surface area (Å²) in [7, 11) is 5.76. The molecule has 2 rings (SSSR count). The Kier molecular flexibility index (Phi) is 10.8. The van der Waals surface area contributed by atoms with E-state index < -0.39 is 0 Å². The molecule has 31 heavy (non-hydrogen) atoms. The van der Waals surface area contributed by atoms with Crippen LogP contribution in [0.2, 0.25) is 0 Å². The van der Waals surface area contributed by atoms with Crippen molar-refractivity contribution in [1.82, 2.24) is 25.3 Å². The topological polar surface area (TPSA) is 86.6 Å². The number of nitrogens with zero attached hydrogens (tertiary/aromatic N) is 4. The van der Waals surface area contributed by atoms with E-state index in [0.29, 0.717) is 12.5 Å². The van der Waals surface area contributed by atoms with Gasteiger partial charge in [-0.25, -0.2) is 4.79 Å². The molecule has 0 fully saturated rings. The molecule has 2 amide bonds. The van der Waals surface area contributed by atoms with Crippen molar-refractivity contribution in [2.75, 3.05) is 19.4 Å². The fourth-order valence-electron chi connectivity index (χ4n) is 3.19. The highest BCUT2D eigenvalue weighted by atomic mass is 127. The number of nitrogens with one attached hydrogen (secondary N) is 3. The lowest BCUT2D eigenvalue weighted by molar-refractivity contribution is 0.250. The van der Waals surface area contributed by atoms with Gasteiger partial charge in [0, 0.05) is 57.7 Å². The summed E-state index contributed by atoms with van der Waals surface area (Å²) in [5, 5.41) is 13.6. The van der Waals surface area contributed by atoms with Crippen LogP contribution in [-0.4, -0.2) is 46.8 Å². The van der Waals surface area contributed by atoms with Crippen molar-refractivity contribution in [1.29, 1.82) is 0 Å². The van der Waals surface area contributed by atoms with Gasteiger partial charge in [-0.15, -0.1) is 24.0 Å². The lowest BCUT2D eigenvalue weighted by Gasteiger charge is -2.22. The van der Waals surface area contributed by atoms with Crippen LogP contribution in [0.3, 0.4) is 0 Å². The van der Waals surface area contributed by atoms with Gasteiger partial charge in [0.1, 0.15) is 0 Å². The molecule has 0 aliphatic heterocycles. The van der Waals surface area contributed by atoms with Crippen LogP contribution >= 0.6 is 24.0 Å². The predicted octanol–water partition coefficient (Wildman–Crippen LogP) is 3.90. The zero-order valence-corrected chi connectivity index (χ0v) is 21.9. The average Bonchev–Trinajstić information content (AvgIpc) is 3.03. The first-order valence-corrected chi connectivity index (χ1v) is 10.3. The van der Waals surface area contributed by atoms with Crippen LogP contribution in [0, 0.1) is 0 Å². The number of aliphatic imine (C=N–C) groups is 1. The summed E-state index contributed by atoms with van der Waals surface area (Å²) in [6, 6.07) is 7.67. The van der Waals surface area contributed by atoms with Crippen LogP contribution in [0.15, 0.2) is 35.5 Å². The van der Waals surface area contributed by atoms with E-state index in [9.17, 15) is 4.79 Å². The van der Waals surface area contributed by atoms with Crippen LogP contribution in [0.4, 0.5) is 10.5 Å². The molecule has 1 heterocycles. The molecule has 0 saturated carbocycles. The van der Waals surface area contributed by atoms with Crippen molar-refractivity contribution < 1.29 is 4.79 Å². The maximum atomic E-state index is 11.8. The molecular weight excluding hydrogens is 505 g/mol. The third-order valence-corrected chi connectivity index (χ3v) is 4.55. The van der Waals surface area contributed by atoms with E-state index in [0.717, 1.165) is 29.4 Å². The molecule has 0 radical (unpaired) electrons. The molecule has 172 valence electrons. The molecular formula is C22H36IN7O. The predicted molar refractivity (Wildman–Crippen MR) is 138 cm³/mol. The molecule has 0 aliphatic carbocycles. The molecule has 0 atom stereocenters. The number of hydrogen-bond acceptors (Lipinski definition) is 3. The second-order valence-electron chi connectivity index (χ2n) is 8.07. The normalized spacial score (nSPS) is 11.3. The lowest BCUT2D eigenvalue weighted by atomic mass is 10.1. The van der Waals surface area contributed by atoms with Crippen LogP contribution in [0.25, 0.3) is 0 Å². The fourth-order valence-corrected chi connectivity index (χ4v) is 3.19. The van der Waals surface area contributed by atoms with E-state index in [2.05, 4.69) is 51.0 Å². The van der Waals surface area contributed by atoms with Crippen molar-refractivity contribution in [3.8, 4) is 0 Å². The molecule has 8 nitrogen and oxygen atoms in total. The van der Waals surface area contributed by atoms with Crippen molar-refractivity contribution >= 4 is 41.7 Å². The summed E-state index contributed by atoms with van der Waals surface area (Å²) in [6.07, 6.45) is 2.07. The van der Waals surface area contributed by atoms with Gasteiger partial charge in [-0.2, -0.15) is 5.10 Å². The number of rotatable bonds is 7. The minimum Gasteiger partial charge on any atom is -0.352 e. The third kappa shape index (κ3) is 8.39. The number of carbonyl (C=O) groups is 1.